The fourth-order valence-corrected chi connectivity index (χ4v) is 5.38. The quantitative estimate of drug-likeness (QED) is 0.310. The summed E-state index contributed by atoms with van der Waals surface area (Å²) in [4.78, 5) is 44.6. The number of imide groups is 1. The zero-order valence-corrected chi connectivity index (χ0v) is 26.1. The van der Waals surface area contributed by atoms with E-state index in [4.69, 9.17) is 14.2 Å². The maximum atomic E-state index is 13.0. The van der Waals surface area contributed by atoms with Crippen molar-refractivity contribution in [2.45, 2.75) is 82.8 Å². The number of aromatic nitrogens is 2. The first-order chi connectivity index (χ1) is 18.8. The van der Waals surface area contributed by atoms with Crippen LogP contribution in [0.3, 0.4) is 0 Å². The first-order valence-electron chi connectivity index (χ1n) is 13.4. The van der Waals surface area contributed by atoms with Crippen LogP contribution in [-0.4, -0.2) is 72.1 Å². The molecule has 41 heavy (non-hydrogen) atoms. The van der Waals surface area contributed by atoms with Crippen LogP contribution >= 0.6 is 0 Å². The maximum Gasteiger partial charge on any atom is 0.419 e. The molecule has 3 atom stereocenters. The molecule has 1 aromatic carbocycles. The molecule has 2 aromatic rings. The molecule has 12 heteroatoms. The molecule has 3 unspecified atom stereocenters. The number of nitrogens with zero attached hydrogens (tertiary/aromatic N) is 3. The molecule has 0 bridgehead atoms. The number of imidazole rings is 1. The first kappa shape index (κ1) is 32.1. The highest BCUT2D eigenvalue weighted by Crippen LogP contribution is 2.57. The Hall–Kier alpha value is -3.41. The van der Waals surface area contributed by atoms with Gasteiger partial charge in [0, 0.05) is 24.7 Å². The zero-order valence-electron chi connectivity index (χ0n) is 25.3. The van der Waals surface area contributed by atoms with E-state index in [1.165, 1.54) is 19.2 Å². The molecular weight excluding hydrogens is 550 g/mol. The van der Waals surface area contributed by atoms with Gasteiger partial charge in [-0.1, -0.05) is 6.92 Å². The summed E-state index contributed by atoms with van der Waals surface area (Å²) < 4.78 is 41.4. The number of carbonyl (C=O) groups excluding carboxylic acids is 3. The minimum Gasteiger partial charge on any atom is -0.468 e. The van der Waals surface area contributed by atoms with Crippen molar-refractivity contribution in [1.29, 1.82) is 0 Å². The third kappa shape index (κ3) is 7.87. The number of ether oxygens (including phenoxy) is 3. The Balaban J connectivity index is 1.79. The van der Waals surface area contributed by atoms with E-state index < -0.39 is 44.6 Å². The van der Waals surface area contributed by atoms with Gasteiger partial charge >= 0.3 is 18.2 Å². The van der Waals surface area contributed by atoms with E-state index in [0.717, 1.165) is 11.2 Å². The number of hydrogen-bond acceptors (Lipinski definition) is 9. The summed E-state index contributed by atoms with van der Waals surface area (Å²) in [6, 6.07) is 6.37. The van der Waals surface area contributed by atoms with Crippen molar-refractivity contribution in [3.63, 3.8) is 0 Å². The Kier molecular flexibility index (Phi) is 8.98. The predicted molar refractivity (Wildman–Crippen MR) is 151 cm³/mol. The summed E-state index contributed by atoms with van der Waals surface area (Å²) in [5, 5.41) is 0. The molecule has 1 aromatic heterocycles. The highest BCUT2D eigenvalue weighted by atomic mass is 32.2. The molecule has 0 N–H and O–H groups in total. The van der Waals surface area contributed by atoms with Gasteiger partial charge in [0.25, 0.3) is 0 Å². The predicted octanol–water partition coefficient (Wildman–Crippen LogP) is 4.90. The smallest absolute Gasteiger partial charge is 0.419 e. The summed E-state index contributed by atoms with van der Waals surface area (Å²) in [5.41, 5.74) is -1.36. The van der Waals surface area contributed by atoms with E-state index in [-0.39, 0.29) is 23.3 Å². The molecule has 2 amide bonds. The van der Waals surface area contributed by atoms with Gasteiger partial charge in [-0.25, -0.2) is 27.9 Å². The van der Waals surface area contributed by atoms with Crippen molar-refractivity contribution in [2.24, 2.45) is 11.8 Å². The Bertz CT molecular complexity index is 1360. The van der Waals surface area contributed by atoms with Gasteiger partial charge in [-0.2, -0.15) is 0 Å². The molecule has 0 saturated heterocycles. The average Bonchev–Trinajstić information content (AvgIpc) is 3.31. The lowest BCUT2D eigenvalue weighted by Gasteiger charge is -2.30. The second-order valence-electron chi connectivity index (χ2n) is 12.7. The van der Waals surface area contributed by atoms with Gasteiger partial charge < -0.3 is 18.8 Å². The second kappa shape index (κ2) is 11.5. The Morgan fingerprint density at radius 2 is 1.59 bits per heavy atom. The largest absolute Gasteiger partial charge is 0.468 e. The molecule has 3 rings (SSSR count). The van der Waals surface area contributed by atoms with Crippen molar-refractivity contribution >= 4 is 28.0 Å². The number of hydrogen-bond donors (Lipinski definition) is 0. The number of sulfone groups is 1. The molecule has 226 valence electrons. The third-order valence-corrected chi connectivity index (χ3v) is 7.79. The fraction of sp³-hybridized carbons (Fsp3) is 0.586. The lowest BCUT2D eigenvalue weighted by Crippen LogP contribution is -2.45. The monoisotopic (exact) mass is 591 g/mol. The van der Waals surface area contributed by atoms with Gasteiger partial charge in [-0.15, -0.1) is 0 Å². The van der Waals surface area contributed by atoms with Crippen molar-refractivity contribution in [3.8, 4) is 5.69 Å². The van der Waals surface area contributed by atoms with Crippen LogP contribution in [0.5, 0.6) is 0 Å². The van der Waals surface area contributed by atoms with Gasteiger partial charge in [0.15, 0.2) is 9.84 Å². The molecular formula is C29H41N3O8S. The number of methoxy groups -OCH3 is 1. The Morgan fingerprint density at radius 3 is 2.05 bits per heavy atom. The van der Waals surface area contributed by atoms with Gasteiger partial charge in [0.05, 0.1) is 24.0 Å². The van der Waals surface area contributed by atoms with Gasteiger partial charge in [-0.3, -0.25) is 4.79 Å². The van der Waals surface area contributed by atoms with Crippen LogP contribution in [0.1, 0.15) is 67.0 Å². The Labute approximate surface area is 242 Å². The van der Waals surface area contributed by atoms with Crippen LogP contribution in [0.15, 0.2) is 41.7 Å². The number of benzene rings is 1. The maximum absolute atomic E-state index is 13.0. The zero-order chi connectivity index (χ0) is 31.0. The van der Waals surface area contributed by atoms with Crippen LogP contribution in [0, 0.1) is 11.8 Å². The molecule has 1 aliphatic rings. The van der Waals surface area contributed by atoms with E-state index in [0.29, 0.717) is 24.2 Å². The van der Waals surface area contributed by atoms with E-state index in [2.05, 4.69) is 4.98 Å². The van der Waals surface area contributed by atoms with Gasteiger partial charge in [0.2, 0.25) is 0 Å². The lowest BCUT2D eigenvalue weighted by atomic mass is 9.94. The lowest BCUT2D eigenvalue weighted by molar-refractivity contribution is -0.144. The minimum absolute atomic E-state index is 0.0404. The van der Waals surface area contributed by atoms with E-state index in [1.54, 1.807) is 70.8 Å². The number of rotatable bonds is 8. The van der Waals surface area contributed by atoms with E-state index in [1.807, 2.05) is 6.92 Å². The Morgan fingerprint density at radius 1 is 1.05 bits per heavy atom. The molecule has 0 radical (unpaired) electrons. The third-order valence-electron chi connectivity index (χ3n) is 6.67. The van der Waals surface area contributed by atoms with Gasteiger partial charge in [-0.05, 0) is 90.5 Å². The van der Waals surface area contributed by atoms with E-state index >= 15 is 0 Å². The van der Waals surface area contributed by atoms with Gasteiger partial charge in [0.1, 0.15) is 16.6 Å². The van der Waals surface area contributed by atoms with Crippen LogP contribution < -0.4 is 0 Å². The van der Waals surface area contributed by atoms with Crippen LogP contribution in [-0.2, 0) is 34.3 Å². The molecule has 1 fully saturated rings. The summed E-state index contributed by atoms with van der Waals surface area (Å²) in [6.07, 6.45) is 3.86. The van der Waals surface area contributed by atoms with Crippen LogP contribution in [0.4, 0.5) is 9.59 Å². The number of carbonyl (C=O) groups is 3. The first-order valence-corrected chi connectivity index (χ1v) is 15.3. The van der Waals surface area contributed by atoms with E-state index in [9.17, 15) is 22.8 Å². The molecule has 1 aliphatic carbocycles. The SMILES string of the molecule is COC(=O)C1(c2cn(-c3ccc(S(C)(=O)=O)cc3)cn2)CC1CC(C)CN(C(=O)OC(C)(C)C)C(=O)OC(C)(C)C. The van der Waals surface area contributed by atoms with Crippen molar-refractivity contribution in [2.75, 3.05) is 19.9 Å². The summed E-state index contributed by atoms with van der Waals surface area (Å²) in [6.45, 7) is 12.2. The molecule has 1 heterocycles. The van der Waals surface area contributed by atoms with Crippen LogP contribution in [0.25, 0.3) is 5.69 Å². The highest BCUT2D eigenvalue weighted by Gasteiger charge is 2.63. The standard InChI is InChI=1S/C29H41N3O8S/c1-19(16-32(25(34)39-27(2,3)4)26(35)40-28(5,6)7)14-20-15-29(20,24(33)38-8)23-17-31(18-30-23)21-10-12-22(13-11-21)41(9,36)37/h10-13,17-20H,14-16H2,1-9H3. The number of esters is 1. The van der Waals surface area contributed by atoms with Crippen LogP contribution in [0.2, 0.25) is 0 Å². The molecule has 11 nitrogen and oxygen atoms in total. The highest BCUT2D eigenvalue weighted by molar-refractivity contribution is 7.90. The molecule has 0 spiro atoms. The van der Waals surface area contributed by atoms with Crippen molar-refractivity contribution < 1.29 is 37.0 Å². The number of amides is 2. The molecule has 0 aliphatic heterocycles. The second-order valence-corrected chi connectivity index (χ2v) is 14.7. The average molecular weight is 592 g/mol. The minimum atomic E-state index is -3.33. The summed E-state index contributed by atoms with van der Waals surface area (Å²) in [5.74, 6) is -0.749. The normalized spacial score (nSPS) is 19.7. The van der Waals surface area contributed by atoms with Crippen molar-refractivity contribution in [1.82, 2.24) is 14.5 Å². The summed E-state index contributed by atoms with van der Waals surface area (Å²) in [7, 11) is -2.00. The molecule has 1 saturated carbocycles. The van der Waals surface area contributed by atoms with Crippen molar-refractivity contribution in [3.05, 3.63) is 42.5 Å². The fourth-order valence-electron chi connectivity index (χ4n) is 4.75. The topological polar surface area (TPSA) is 134 Å². The summed E-state index contributed by atoms with van der Waals surface area (Å²) >= 11 is 0.